The van der Waals surface area contributed by atoms with Crippen LogP contribution in [0.15, 0.2) is 31.9 Å². The number of aryl methyl sites for hydroxylation is 1. The summed E-state index contributed by atoms with van der Waals surface area (Å²) in [4.78, 5) is 14.3. The number of hydrogen-bond donors (Lipinski definition) is 0. The van der Waals surface area contributed by atoms with Crippen LogP contribution in [-0.2, 0) is 6.42 Å². The number of nitrogens with zero attached hydrogens (tertiary/aromatic N) is 1. The molecule has 21 heavy (non-hydrogen) atoms. The molecular formula is C17H22BrNO2. The molecule has 2 aromatic rings. The summed E-state index contributed by atoms with van der Waals surface area (Å²) in [6.07, 6.45) is 3.00. The molecule has 0 N–H and O–H groups in total. The predicted octanol–water partition coefficient (Wildman–Crippen LogP) is 4.74. The van der Waals surface area contributed by atoms with Gasteiger partial charge in [0, 0.05) is 30.2 Å². The summed E-state index contributed by atoms with van der Waals surface area (Å²) in [5, 5.41) is 1.01. The van der Waals surface area contributed by atoms with Gasteiger partial charge in [-0.3, -0.25) is 0 Å². The molecule has 0 fully saturated rings. The fourth-order valence-electron chi connectivity index (χ4n) is 2.68. The third kappa shape index (κ3) is 3.31. The van der Waals surface area contributed by atoms with Gasteiger partial charge in [0.25, 0.3) is 0 Å². The molecule has 0 amide bonds. The first-order valence-electron chi connectivity index (χ1n) is 7.62. The lowest BCUT2D eigenvalue weighted by atomic mass is 10.1. The van der Waals surface area contributed by atoms with E-state index in [1.165, 1.54) is 0 Å². The van der Waals surface area contributed by atoms with Gasteiger partial charge in [0.1, 0.15) is 10.1 Å². The lowest BCUT2D eigenvalue weighted by molar-refractivity contribution is 0.554. The van der Waals surface area contributed by atoms with Crippen molar-refractivity contribution in [2.24, 2.45) is 0 Å². The molecule has 0 unspecified atom stereocenters. The fourth-order valence-corrected chi connectivity index (χ4v) is 3.26. The summed E-state index contributed by atoms with van der Waals surface area (Å²) >= 11 is 3.34. The normalized spacial score (nSPS) is 11.0. The highest BCUT2D eigenvalue weighted by molar-refractivity contribution is 9.10. The van der Waals surface area contributed by atoms with Gasteiger partial charge in [0.2, 0.25) is 0 Å². The molecule has 0 spiro atoms. The van der Waals surface area contributed by atoms with Gasteiger partial charge >= 0.3 is 5.63 Å². The minimum atomic E-state index is -0.297. The van der Waals surface area contributed by atoms with E-state index in [2.05, 4.69) is 46.8 Å². The molecule has 3 nitrogen and oxygen atoms in total. The highest BCUT2D eigenvalue weighted by atomic mass is 79.9. The van der Waals surface area contributed by atoms with E-state index >= 15 is 0 Å². The van der Waals surface area contributed by atoms with Crippen molar-refractivity contribution in [3.05, 3.63) is 38.7 Å². The minimum Gasteiger partial charge on any atom is -0.422 e. The molecule has 0 saturated heterocycles. The van der Waals surface area contributed by atoms with Gasteiger partial charge in [-0.15, -0.1) is 0 Å². The lowest BCUT2D eigenvalue weighted by Crippen LogP contribution is -2.24. The number of halogens is 1. The van der Waals surface area contributed by atoms with Crippen LogP contribution in [0.3, 0.4) is 0 Å². The van der Waals surface area contributed by atoms with Gasteiger partial charge in [0.15, 0.2) is 0 Å². The Bertz CT molecular complexity index is 672. The van der Waals surface area contributed by atoms with Crippen molar-refractivity contribution >= 4 is 32.6 Å². The van der Waals surface area contributed by atoms with E-state index in [0.29, 0.717) is 10.1 Å². The average Bonchev–Trinajstić information content (AvgIpc) is 2.48. The molecule has 114 valence electrons. The van der Waals surface area contributed by atoms with Crippen LogP contribution in [0.1, 0.15) is 39.2 Å². The van der Waals surface area contributed by atoms with Crippen LogP contribution in [0.2, 0.25) is 0 Å². The molecule has 2 rings (SSSR count). The summed E-state index contributed by atoms with van der Waals surface area (Å²) in [7, 11) is 0. The van der Waals surface area contributed by atoms with Crippen molar-refractivity contribution in [1.29, 1.82) is 0 Å². The SMILES string of the molecule is CCCN(CCC)c1ccc2c(CC)c(Br)c(=O)oc2c1. The van der Waals surface area contributed by atoms with Crippen molar-refractivity contribution in [3.8, 4) is 0 Å². The van der Waals surface area contributed by atoms with Crippen molar-refractivity contribution in [1.82, 2.24) is 0 Å². The maximum Gasteiger partial charge on any atom is 0.350 e. The zero-order valence-corrected chi connectivity index (χ0v) is 14.5. The molecule has 1 aromatic heterocycles. The molecule has 4 heteroatoms. The van der Waals surface area contributed by atoms with E-state index in [0.717, 1.165) is 49.0 Å². The second kappa shape index (κ2) is 7.12. The third-order valence-corrected chi connectivity index (χ3v) is 4.45. The number of anilines is 1. The van der Waals surface area contributed by atoms with Crippen molar-refractivity contribution in [2.75, 3.05) is 18.0 Å². The van der Waals surface area contributed by atoms with Crippen LogP contribution in [0, 0.1) is 0 Å². The Morgan fingerprint density at radius 3 is 2.38 bits per heavy atom. The second-order valence-electron chi connectivity index (χ2n) is 5.20. The van der Waals surface area contributed by atoms with Gasteiger partial charge < -0.3 is 9.32 Å². The Balaban J connectivity index is 2.55. The standard InChI is InChI=1S/C17H22BrNO2/c1-4-9-19(10-5-2)12-7-8-14-13(6-3)16(18)17(20)21-15(14)11-12/h7-8,11H,4-6,9-10H2,1-3H3. The fraction of sp³-hybridized carbons (Fsp3) is 0.471. The summed E-state index contributed by atoms with van der Waals surface area (Å²) in [5.74, 6) is 0. The van der Waals surface area contributed by atoms with Crippen LogP contribution < -0.4 is 10.5 Å². The lowest BCUT2D eigenvalue weighted by Gasteiger charge is -2.24. The maximum absolute atomic E-state index is 11.9. The van der Waals surface area contributed by atoms with Crippen LogP contribution in [0.5, 0.6) is 0 Å². The highest BCUT2D eigenvalue weighted by Crippen LogP contribution is 2.28. The van der Waals surface area contributed by atoms with Crippen LogP contribution >= 0.6 is 15.9 Å². The van der Waals surface area contributed by atoms with E-state index in [4.69, 9.17) is 4.42 Å². The number of rotatable bonds is 6. The Kier molecular flexibility index (Phi) is 5.45. The molecule has 0 aliphatic carbocycles. The Hall–Kier alpha value is -1.29. The first-order valence-corrected chi connectivity index (χ1v) is 8.41. The van der Waals surface area contributed by atoms with Crippen molar-refractivity contribution in [2.45, 2.75) is 40.0 Å². The zero-order chi connectivity index (χ0) is 15.4. The molecule has 0 aliphatic rings. The molecule has 0 radical (unpaired) electrons. The quantitative estimate of drug-likeness (QED) is 0.704. The highest BCUT2D eigenvalue weighted by Gasteiger charge is 2.13. The van der Waals surface area contributed by atoms with Crippen LogP contribution in [0.25, 0.3) is 11.0 Å². The second-order valence-corrected chi connectivity index (χ2v) is 6.00. The molecule has 0 atom stereocenters. The first kappa shape index (κ1) is 16.1. The minimum absolute atomic E-state index is 0.297. The number of fused-ring (bicyclic) bond motifs is 1. The Morgan fingerprint density at radius 1 is 1.14 bits per heavy atom. The van der Waals surface area contributed by atoms with E-state index in [1.807, 2.05) is 13.0 Å². The number of hydrogen-bond acceptors (Lipinski definition) is 3. The maximum atomic E-state index is 11.9. The van der Waals surface area contributed by atoms with Gasteiger partial charge in [0.05, 0.1) is 0 Å². The molecule has 1 aromatic carbocycles. The molecule has 0 aliphatic heterocycles. The zero-order valence-electron chi connectivity index (χ0n) is 12.9. The average molecular weight is 352 g/mol. The summed E-state index contributed by atoms with van der Waals surface area (Å²) in [6, 6.07) is 6.18. The molecule has 0 saturated carbocycles. The molecule has 0 bridgehead atoms. The topological polar surface area (TPSA) is 33.5 Å². The van der Waals surface area contributed by atoms with Crippen molar-refractivity contribution < 1.29 is 4.42 Å². The number of benzene rings is 1. The van der Waals surface area contributed by atoms with Gasteiger partial charge in [-0.05, 0) is 52.9 Å². The first-order chi connectivity index (χ1) is 10.1. The summed E-state index contributed by atoms with van der Waals surface area (Å²) in [5.41, 5.74) is 2.52. The van der Waals surface area contributed by atoms with E-state index in [1.54, 1.807) is 0 Å². The predicted molar refractivity (Wildman–Crippen MR) is 92.4 cm³/mol. The smallest absolute Gasteiger partial charge is 0.350 e. The van der Waals surface area contributed by atoms with Gasteiger partial charge in [-0.2, -0.15) is 0 Å². The van der Waals surface area contributed by atoms with Gasteiger partial charge in [-0.1, -0.05) is 20.8 Å². The Labute approximate surface area is 134 Å². The summed E-state index contributed by atoms with van der Waals surface area (Å²) < 4.78 is 6.00. The van der Waals surface area contributed by atoms with Crippen molar-refractivity contribution in [3.63, 3.8) is 0 Å². The third-order valence-electron chi connectivity index (χ3n) is 3.64. The van der Waals surface area contributed by atoms with E-state index in [-0.39, 0.29) is 5.63 Å². The van der Waals surface area contributed by atoms with Gasteiger partial charge in [-0.25, -0.2) is 4.79 Å². The molecular weight excluding hydrogens is 330 g/mol. The van der Waals surface area contributed by atoms with Crippen LogP contribution in [0.4, 0.5) is 5.69 Å². The van der Waals surface area contributed by atoms with E-state index < -0.39 is 0 Å². The van der Waals surface area contributed by atoms with E-state index in [9.17, 15) is 4.79 Å². The Morgan fingerprint density at radius 2 is 1.81 bits per heavy atom. The largest absolute Gasteiger partial charge is 0.422 e. The monoisotopic (exact) mass is 351 g/mol. The molecule has 1 heterocycles. The summed E-state index contributed by atoms with van der Waals surface area (Å²) in [6.45, 7) is 8.43. The van der Waals surface area contributed by atoms with Crippen LogP contribution in [-0.4, -0.2) is 13.1 Å².